The predicted molar refractivity (Wildman–Crippen MR) is 52.6 cm³/mol. The molecule has 12 heavy (non-hydrogen) atoms. The molecule has 0 radical (unpaired) electrons. The highest BCUT2D eigenvalue weighted by atomic mass is 13.9. The Morgan fingerprint density at radius 1 is 1.33 bits per heavy atom. The van der Waals surface area contributed by atoms with Gasteiger partial charge in [-0.05, 0) is 30.7 Å². The lowest BCUT2D eigenvalue weighted by Crippen LogP contribution is -1.78. The number of hydrogen-bond donors (Lipinski definition) is 0. The van der Waals surface area contributed by atoms with Crippen LogP contribution < -0.4 is 0 Å². The van der Waals surface area contributed by atoms with Gasteiger partial charge in [0.05, 0.1) is 0 Å². The van der Waals surface area contributed by atoms with Crippen LogP contribution in [0, 0.1) is 12.3 Å². The summed E-state index contributed by atoms with van der Waals surface area (Å²) in [5, 5.41) is 0. The Kier molecular flexibility index (Phi) is 2.96. The normalized spacial score (nSPS) is 8.00. The SMILES string of the molecule is C#Cc1ccccc1C=C=CC. The molecule has 0 amide bonds. The molecule has 0 aromatic heterocycles. The predicted octanol–water partition coefficient (Wildman–Crippen LogP) is 2.86. The Bertz CT molecular complexity index is 358. The summed E-state index contributed by atoms with van der Waals surface area (Å²) in [5.74, 6) is 2.62. The molecule has 0 heterocycles. The smallest absolute Gasteiger partial charge is 0.0321 e. The molecule has 0 aliphatic rings. The van der Waals surface area contributed by atoms with Crippen LogP contribution in [0.25, 0.3) is 6.08 Å². The van der Waals surface area contributed by atoms with E-state index < -0.39 is 0 Å². The van der Waals surface area contributed by atoms with Crippen molar-refractivity contribution in [2.75, 3.05) is 0 Å². The molecule has 1 rings (SSSR count). The van der Waals surface area contributed by atoms with E-state index in [1.54, 1.807) is 0 Å². The molecule has 0 N–H and O–H groups in total. The third-order valence-corrected chi connectivity index (χ3v) is 1.52. The van der Waals surface area contributed by atoms with Gasteiger partial charge >= 0.3 is 0 Å². The van der Waals surface area contributed by atoms with E-state index in [-0.39, 0.29) is 0 Å². The van der Waals surface area contributed by atoms with Gasteiger partial charge in [0.25, 0.3) is 0 Å². The van der Waals surface area contributed by atoms with Gasteiger partial charge in [-0.1, -0.05) is 24.1 Å². The molecule has 0 fully saturated rings. The average Bonchev–Trinajstić information content (AvgIpc) is 2.15. The van der Waals surface area contributed by atoms with Crippen LogP contribution in [0.15, 0.2) is 36.1 Å². The Balaban J connectivity index is 3.16. The molecule has 0 unspecified atom stereocenters. The van der Waals surface area contributed by atoms with Gasteiger partial charge < -0.3 is 0 Å². The summed E-state index contributed by atoms with van der Waals surface area (Å²) < 4.78 is 0. The molecule has 0 heteroatoms. The number of terminal acetylenes is 1. The number of rotatable bonds is 1. The quantitative estimate of drug-likeness (QED) is 0.431. The second-order valence-corrected chi connectivity index (χ2v) is 2.33. The zero-order valence-corrected chi connectivity index (χ0v) is 7.04. The Labute approximate surface area is 73.2 Å². The van der Waals surface area contributed by atoms with E-state index in [0.29, 0.717) is 0 Å². The maximum absolute atomic E-state index is 5.31. The summed E-state index contributed by atoms with van der Waals surface area (Å²) in [6.07, 6.45) is 9.05. The third kappa shape index (κ3) is 1.89. The van der Waals surface area contributed by atoms with Crippen molar-refractivity contribution in [1.29, 1.82) is 0 Å². The van der Waals surface area contributed by atoms with Crippen LogP contribution >= 0.6 is 0 Å². The fourth-order valence-electron chi connectivity index (χ4n) is 0.927. The molecular formula is C12H10. The first-order valence-electron chi connectivity index (χ1n) is 3.81. The second kappa shape index (κ2) is 4.23. The second-order valence-electron chi connectivity index (χ2n) is 2.33. The zero-order valence-electron chi connectivity index (χ0n) is 7.04. The highest BCUT2D eigenvalue weighted by Crippen LogP contribution is 2.07. The van der Waals surface area contributed by atoms with Gasteiger partial charge in [0.1, 0.15) is 0 Å². The number of allylic oxidation sites excluding steroid dienone is 1. The first-order valence-corrected chi connectivity index (χ1v) is 3.81. The van der Waals surface area contributed by atoms with E-state index in [0.717, 1.165) is 11.1 Å². The topological polar surface area (TPSA) is 0 Å². The summed E-state index contributed by atoms with van der Waals surface area (Å²) in [6.45, 7) is 1.93. The molecule has 0 aliphatic heterocycles. The molecule has 0 spiro atoms. The van der Waals surface area contributed by atoms with Crippen LogP contribution in [-0.4, -0.2) is 0 Å². The lowest BCUT2D eigenvalue weighted by Gasteiger charge is -1.94. The summed E-state index contributed by atoms with van der Waals surface area (Å²) in [6, 6.07) is 7.79. The molecule has 0 saturated heterocycles. The van der Waals surface area contributed by atoms with Crippen LogP contribution in [-0.2, 0) is 0 Å². The monoisotopic (exact) mass is 154 g/mol. The fraction of sp³-hybridized carbons (Fsp3) is 0.0833. The van der Waals surface area contributed by atoms with Gasteiger partial charge in [-0.25, -0.2) is 0 Å². The maximum Gasteiger partial charge on any atom is 0.0321 e. The standard InChI is InChI=1S/C12H10/c1-3-5-8-12-10-7-6-9-11(12)4-2/h2-3,6-10H,1H3. The van der Waals surface area contributed by atoms with Crippen molar-refractivity contribution in [3.05, 3.63) is 47.2 Å². The van der Waals surface area contributed by atoms with Crippen molar-refractivity contribution in [3.63, 3.8) is 0 Å². The van der Waals surface area contributed by atoms with E-state index in [9.17, 15) is 0 Å². The van der Waals surface area contributed by atoms with E-state index in [1.165, 1.54) is 0 Å². The van der Waals surface area contributed by atoms with Gasteiger partial charge in [0.15, 0.2) is 0 Å². The molecule has 0 atom stereocenters. The van der Waals surface area contributed by atoms with Crippen molar-refractivity contribution in [3.8, 4) is 12.3 Å². The third-order valence-electron chi connectivity index (χ3n) is 1.52. The lowest BCUT2D eigenvalue weighted by atomic mass is 10.1. The van der Waals surface area contributed by atoms with Gasteiger partial charge in [0.2, 0.25) is 0 Å². The van der Waals surface area contributed by atoms with Crippen LogP contribution in [0.5, 0.6) is 0 Å². The highest BCUT2D eigenvalue weighted by molar-refractivity contribution is 5.58. The first-order chi connectivity index (χ1) is 5.88. The van der Waals surface area contributed by atoms with Crippen LogP contribution in [0.3, 0.4) is 0 Å². The van der Waals surface area contributed by atoms with E-state index >= 15 is 0 Å². The van der Waals surface area contributed by atoms with Gasteiger partial charge in [-0.2, -0.15) is 0 Å². The van der Waals surface area contributed by atoms with Crippen molar-refractivity contribution in [2.45, 2.75) is 6.92 Å². The molecule has 1 aromatic carbocycles. The van der Waals surface area contributed by atoms with E-state index in [1.807, 2.05) is 43.3 Å². The molecule has 0 saturated carbocycles. The molecule has 0 bridgehead atoms. The summed E-state index contributed by atoms with van der Waals surface area (Å²) >= 11 is 0. The van der Waals surface area contributed by atoms with E-state index in [4.69, 9.17) is 6.42 Å². The van der Waals surface area contributed by atoms with Crippen molar-refractivity contribution in [2.24, 2.45) is 0 Å². The molecule has 0 nitrogen and oxygen atoms in total. The van der Waals surface area contributed by atoms with Crippen LogP contribution in [0.2, 0.25) is 0 Å². The largest absolute Gasteiger partial charge is 0.125 e. The Hall–Kier alpha value is -1.70. The summed E-state index contributed by atoms with van der Waals surface area (Å²) in [7, 11) is 0. The lowest BCUT2D eigenvalue weighted by molar-refractivity contribution is 1.60. The molecule has 58 valence electrons. The van der Waals surface area contributed by atoms with Crippen LogP contribution in [0.1, 0.15) is 18.1 Å². The first kappa shape index (κ1) is 8.40. The Morgan fingerprint density at radius 3 is 2.75 bits per heavy atom. The number of benzene rings is 1. The van der Waals surface area contributed by atoms with Crippen molar-refractivity contribution < 1.29 is 0 Å². The maximum atomic E-state index is 5.31. The fourth-order valence-corrected chi connectivity index (χ4v) is 0.927. The average molecular weight is 154 g/mol. The van der Waals surface area contributed by atoms with Crippen molar-refractivity contribution in [1.82, 2.24) is 0 Å². The van der Waals surface area contributed by atoms with Gasteiger partial charge in [0, 0.05) is 5.56 Å². The molecule has 0 aliphatic carbocycles. The van der Waals surface area contributed by atoms with Crippen LogP contribution in [0.4, 0.5) is 0 Å². The van der Waals surface area contributed by atoms with Gasteiger partial charge in [-0.3, -0.25) is 0 Å². The summed E-state index contributed by atoms with van der Waals surface area (Å²) in [4.78, 5) is 0. The Morgan fingerprint density at radius 2 is 2.08 bits per heavy atom. The molecular weight excluding hydrogens is 144 g/mol. The van der Waals surface area contributed by atoms with Crippen molar-refractivity contribution >= 4 is 6.08 Å². The summed E-state index contributed by atoms with van der Waals surface area (Å²) in [5.41, 5.74) is 4.94. The minimum absolute atomic E-state index is 0.909. The number of hydrogen-bond acceptors (Lipinski definition) is 0. The molecule has 1 aromatic rings. The highest BCUT2D eigenvalue weighted by Gasteiger charge is 1.91. The minimum Gasteiger partial charge on any atom is -0.125 e. The van der Waals surface area contributed by atoms with E-state index in [2.05, 4.69) is 11.7 Å². The minimum atomic E-state index is 0.909. The zero-order chi connectivity index (χ0) is 8.81. The van der Waals surface area contributed by atoms with Gasteiger partial charge in [-0.15, -0.1) is 12.2 Å².